The Morgan fingerprint density at radius 3 is 2.56 bits per heavy atom. The molecule has 1 N–H and O–H groups in total. The Morgan fingerprint density at radius 2 is 1.94 bits per heavy atom. The van der Waals surface area contributed by atoms with Crippen LogP contribution in [0.4, 0.5) is 0 Å². The van der Waals surface area contributed by atoms with Crippen molar-refractivity contribution in [2.75, 3.05) is 0 Å². The first-order chi connectivity index (χ1) is 8.81. The number of hydrogen-bond acceptors (Lipinski definition) is 2. The monoisotopic (exact) mass is 242 g/mol. The molecule has 0 amide bonds. The quantitative estimate of drug-likeness (QED) is 0.852. The topological polar surface area (TPSA) is 35.8 Å². The smallest absolute Gasteiger partial charge is 0.0641 e. The van der Waals surface area contributed by atoms with Crippen LogP contribution in [0.5, 0.6) is 0 Å². The Bertz CT molecular complexity index is 387. The fourth-order valence-electron chi connectivity index (χ4n) is 2.96. The van der Waals surface area contributed by atoms with Gasteiger partial charge in [-0.3, -0.25) is 0 Å². The summed E-state index contributed by atoms with van der Waals surface area (Å²) in [7, 11) is 0. The van der Waals surface area contributed by atoms with Gasteiger partial charge in [0.25, 0.3) is 0 Å². The summed E-state index contributed by atoms with van der Waals surface area (Å²) < 4.78 is 0. The van der Waals surface area contributed by atoms with Gasteiger partial charge in [0.2, 0.25) is 0 Å². The number of nitrogens with one attached hydrogen (secondary N) is 1. The summed E-state index contributed by atoms with van der Waals surface area (Å²) in [5.41, 5.74) is 1.23. The van der Waals surface area contributed by atoms with Gasteiger partial charge < -0.3 is 5.32 Å². The zero-order chi connectivity index (χ0) is 12.8. The second-order valence-electron chi connectivity index (χ2n) is 5.33. The van der Waals surface area contributed by atoms with E-state index < -0.39 is 0 Å². The molecule has 2 nitrogen and oxygen atoms in total. The van der Waals surface area contributed by atoms with E-state index in [9.17, 15) is 0 Å². The molecule has 0 heterocycles. The highest BCUT2D eigenvalue weighted by molar-refractivity contribution is 5.20. The largest absolute Gasteiger partial charge is 0.306 e. The first-order valence-corrected chi connectivity index (χ1v) is 6.99. The lowest BCUT2D eigenvalue weighted by atomic mass is 9.96. The van der Waals surface area contributed by atoms with E-state index in [0.717, 1.165) is 5.92 Å². The van der Waals surface area contributed by atoms with Crippen LogP contribution in [-0.4, -0.2) is 6.04 Å². The molecule has 1 aromatic carbocycles. The zero-order valence-electron chi connectivity index (χ0n) is 11.1. The van der Waals surface area contributed by atoms with Gasteiger partial charge in [0.1, 0.15) is 0 Å². The van der Waals surface area contributed by atoms with E-state index >= 15 is 0 Å². The van der Waals surface area contributed by atoms with Gasteiger partial charge in [-0.15, -0.1) is 0 Å². The van der Waals surface area contributed by atoms with Crippen LogP contribution in [0.3, 0.4) is 0 Å². The van der Waals surface area contributed by atoms with Crippen LogP contribution in [0.1, 0.15) is 50.6 Å². The Hall–Kier alpha value is -1.33. The highest BCUT2D eigenvalue weighted by Gasteiger charge is 2.23. The molecule has 1 aliphatic rings. The van der Waals surface area contributed by atoms with E-state index in [1.54, 1.807) is 0 Å². The van der Waals surface area contributed by atoms with Gasteiger partial charge in [0.05, 0.1) is 12.5 Å². The second-order valence-corrected chi connectivity index (χ2v) is 5.33. The Labute approximate surface area is 110 Å². The molecular weight excluding hydrogens is 220 g/mol. The van der Waals surface area contributed by atoms with Crippen molar-refractivity contribution in [2.24, 2.45) is 5.92 Å². The fourth-order valence-corrected chi connectivity index (χ4v) is 2.96. The summed E-state index contributed by atoms with van der Waals surface area (Å²) in [6.45, 7) is 2.27. The third-order valence-electron chi connectivity index (χ3n) is 4.07. The van der Waals surface area contributed by atoms with Crippen LogP contribution in [-0.2, 0) is 0 Å². The average molecular weight is 242 g/mol. The molecule has 2 atom stereocenters. The highest BCUT2D eigenvalue weighted by atomic mass is 15.0. The minimum absolute atomic E-state index is 0.173. The van der Waals surface area contributed by atoms with Crippen molar-refractivity contribution in [2.45, 2.75) is 51.1 Å². The van der Waals surface area contributed by atoms with Crippen LogP contribution in [0, 0.1) is 17.2 Å². The second kappa shape index (κ2) is 6.56. The van der Waals surface area contributed by atoms with E-state index in [0.29, 0.717) is 12.5 Å². The summed E-state index contributed by atoms with van der Waals surface area (Å²) >= 11 is 0. The van der Waals surface area contributed by atoms with Gasteiger partial charge in [-0.05, 0) is 31.2 Å². The molecule has 0 aliphatic heterocycles. The van der Waals surface area contributed by atoms with Crippen molar-refractivity contribution < 1.29 is 0 Å². The fraction of sp³-hybridized carbons (Fsp3) is 0.562. The maximum atomic E-state index is 8.99. The molecule has 0 aromatic heterocycles. The minimum atomic E-state index is 0.173. The first kappa shape index (κ1) is 13.1. The lowest BCUT2D eigenvalue weighted by molar-refractivity contribution is 0.345. The van der Waals surface area contributed by atoms with Gasteiger partial charge in [0, 0.05) is 12.1 Å². The molecule has 0 saturated heterocycles. The molecule has 96 valence electrons. The third kappa shape index (κ3) is 3.34. The van der Waals surface area contributed by atoms with Crippen LogP contribution in [0.2, 0.25) is 0 Å². The maximum Gasteiger partial charge on any atom is 0.0641 e. The normalized spacial score (nSPS) is 19.3. The third-order valence-corrected chi connectivity index (χ3v) is 4.07. The molecule has 1 saturated carbocycles. The predicted octanol–water partition coefficient (Wildman–Crippen LogP) is 3.81. The first-order valence-electron chi connectivity index (χ1n) is 6.99. The van der Waals surface area contributed by atoms with Crippen molar-refractivity contribution in [3.63, 3.8) is 0 Å². The van der Waals surface area contributed by atoms with Gasteiger partial charge in [-0.25, -0.2) is 0 Å². The van der Waals surface area contributed by atoms with Crippen molar-refractivity contribution in [1.29, 1.82) is 5.26 Å². The highest BCUT2D eigenvalue weighted by Crippen LogP contribution is 2.29. The number of hydrogen-bond donors (Lipinski definition) is 1. The number of nitrogens with zero attached hydrogens (tertiary/aromatic N) is 1. The summed E-state index contributed by atoms with van der Waals surface area (Å²) in [5, 5.41) is 12.6. The van der Waals surface area contributed by atoms with Gasteiger partial charge in [-0.1, -0.05) is 43.2 Å². The van der Waals surface area contributed by atoms with Crippen molar-refractivity contribution in [1.82, 2.24) is 5.32 Å². The van der Waals surface area contributed by atoms with Crippen molar-refractivity contribution in [3.05, 3.63) is 35.9 Å². The molecule has 2 unspecified atom stereocenters. The SMILES string of the molecule is CC(NC(CC#N)c1ccccc1)C1CCCC1. The summed E-state index contributed by atoms with van der Waals surface area (Å²) in [4.78, 5) is 0. The number of nitriles is 1. The zero-order valence-corrected chi connectivity index (χ0v) is 11.1. The van der Waals surface area contributed by atoms with E-state index in [1.807, 2.05) is 18.2 Å². The van der Waals surface area contributed by atoms with E-state index in [4.69, 9.17) is 5.26 Å². The average Bonchev–Trinajstić information content (AvgIpc) is 2.93. The van der Waals surface area contributed by atoms with Gasteiger partial charge in [0.15, 0.2) is 0 Å². The van der Waals surface area contributed by atoms with Crippen LogP contribution >= 0.6 is 0 Å². The predicted molar refractivity (Wildman–Crippen MR) is 74.0 cm³/mol. The van der Waals surface area contributed by atoms with E-state index in [-0.39, 0.29) is 6.04 Å². The Morgan fingerprint density at radius 1 is 1.28 bits per heavy atom. The molecule has 1 aliphatic carbocycles. The molecule has 18 heavy (non-hydrogen) atoms. The number of benzene rings is 1. The molecule has 1 aromatic rings. The molecule has 1 fully saturated rings. The molecule has 2 heteroatoms. The lowest BCUT2D eigenvalue weighted by Crippen LogP contribution is -2.35. The van der Waals surface area contributed by atoms with Crippen molar-refractivity contribution >= 4 is 0 Å². The Kier molecular flexibility index (Phi) is 4.78. The summed E-state index contributed by atoms with van der Waals surface area (Å²) in [6.07, 6.45) is 5.95. The Balaban J connectivity index is 2.00. The summed E-state index contributed by atoms with van der Waals surface area (Å²) in [5.74, 6) is 0.787. The molecule has 0 bridgehead atoms. The molecule has 0 radical (unpaired) electrons. The standard InChI is InChI=1S/C16H22N2/c1-13(14-7-5-6-8-14)18-16(11-12-17)15-9-3-2-4-10-15/h2-4,9-10,13-14,16,18H,5-8,11H2,1H3. The van der Waals surface area contributed by atoms with Crippen LogP contribution < -0.4 is 5.32 Å². The van der Waals surface area contributed by atoms with Crippen LogP contribution in [0.15, 0.2) is 30.3 Å². The molecule has 0 spiro atoms. The van der Waals surface area contributed by atoms with Gasteiger partial charge >= 0.3 is 0 Å². The maximum absolute atomic E-state index is 8.99. The molecule has 2 rings (SSSR count). The van der Waals surface area contributed by atoms with Crippen molar-refractivity contribution in [3.8, 4) is 6.07 Å². The van der Waals surface area contributed by atoms with E-state index in [1.165, 1.54) is 31.2 Å². The van der Waals surface area contributed by atoms with E-state index in [2.05, 4.69) is 30.4 Å². The molecular formula is C16H22N2. The summed E-state index contributed by atoms with van der Waals surface area (Å²) in [6, 6.07) is 13.3. The number of rotatable bonds is 5. The lowest BCUT2D eigenvalue weighted by Gasteiger charge is -2.26. The van der Waals surface area contributed by atoms with Crippen LogP contribution in [0.25, 0.3) is 0 Å². The minimum Gasteiger partial charge on any atom is -0.306 e. The van der Waals surface area contributed by atoms with Gasteiger partial charge in [-0.2, -0.15) is 5.26 Å².